The number of carbonyl (C=O) groups is 1. The van der Waals surface area contributed by atoms with Crippen LogP contribution in [-0.2, 0) is 17.8 Å². The summed E-state index contributed by atoms with van der Waals surface area (Å²) in [6.07, 6.45) is 0.837. The Bertz CT molecular complexity index is 742. The molecule has 21 heavy (non-hydrogen) atoms. The summed E-state index contributed by atoms with van der Waals surface area (Å²) < 4.78 is 13.5. The van der Waals surface area contributed by atoms with E-state index in [1.807, 2.05) is 18.2 Å². The predicted molar refractivity (Wildman–Crippen MR) is 78.8 cm³/mol. The van der Waals surface area contributed by atoms with E-state index in [1.165, 1.54) is 11.6 Å². The van der Waals surface area contributed by atoms with Crippen LogP contribution in [0.1, 0.15) is 16.7 Å². The SMILES string of the molecule is O=C(C#Cc1ccccc1F)N1CCc2ccccc2C1. The van der Waals surface area contributed by atoms with Crippen LogP contribution in [0.5, 0.6) is 0 Å². The van der Waals surface area contributed by atoms with Gasteiger partial charge in [-0.1, -0.05) is 42.3 Å². The number of halogens is 1. The van der Waals surface area contributed by atoms with Gasteiger partial charge in [-0.05, 0) is 29.7 Å². The maximum absolute atomic E-state index is 13.5. The van der Waals surface area contributed by atoms with E-state index < -0.39 is 5.82 Å². The minimum absolute atomic E-state index is 0.253. The Hall–Kier alpha value is -2.60. The van der Waals surface area contributed by atoms with Crippen molar-refractivity contribution >= 4 is 5.91 Å². The molecule has 0 radical (unpaired) electrons. The van der Waals surface area contributed by atoms with Crippen LogP contribution in [0.15, 0.2) is 48.5 Å². The molecule has 1 heterocycles. The van der Waals surface area contributed by atoms with E-state index in [4.69, 9.17) is 0 Å². The van der Waals surface area contributed by atoms with E-state index >= 15 is 0 Å². The Morgan fingerprint density at radius 3 is 2.57 bits per heavy atom. The smallest absolute Gasteiger partial charge is 0.299 e. The molecule has 0 fully saturated rings. The van der Waals surface area contributed by atoms with Crippen molar-refractivity contribution < 1.29 is 9.18 Å². The van der Waals surface area contributed by atoms with Gasteiger partial charge in [-0.2, -0.15) is 0 Å². The molecular weight excluding hydrogens is 265 g/mol. The summed E-state index contributed by atoms with van der Waals surface area (Å²) in [6.45, 7) is 1.22. The number of nitrogens with zero attached hydrogens (tertiary/aromatic N) is 1. The van der Waals surface area contributed by atoms with Crippen LogP contribution < -0.4 is 0 Å². The van der Waals surface area contributed by atoms with Crippen molar-refractivity contribution in [3.63, 3.8) is 0 Å². The van der Waals surface area contributed by atoms with Gasteiger partial charge in [0.2, 0.25) is 0 Å². The molecule has 3 rings (SSSR count). The average Bonchev–Trinajstić information content (AvgIpc) is 2.53. The second kappa shape index (κ2) is 5.80. The summed E-state index contributed by atoms with van der Waals surface area (Å²) in [5.74, 6) is 4.50. The molecular formula is C18H14FNO. The normalized spacial score (nSPS) is 13.1. The van der Waals surface area contributed by atoms with Crippen LogP contribution >= 0.6 is 0 Å². The van der Waals surface area contributed by atoms with Gasteiger partial charge in [-0.25, -0.2) is 4.39 Å². The molecule has 0 aliphatic carbocycles. The zero-order valence-electron chi connectivity index (χ0n) is 11.5. The molecule has 0 atom stereocenters. The Morgan fingerprint density at radius 2 is 1.76 bits per heavy atom. The second-order valence-corrected chi connectivity index (χ2v) is 4.98. The number of amides is 1. The van der Waals surface area contributed by atoms with Crippen LogP contribution in [0.25, 0.3) is 0 Å². The van der Waals surface area contributed by atoms with E-state index in [0.717, 1.165) is 12.0 Å². The maximum Gasteiger partial charge on any atom is 0.299 e. The van der Waals surface area contributed by atoms with Crippen molar-refractivity contribution in [2.75, 3.05) is 6.54 Å². The monoisotopic (exact) mass is 279 g/mol. The standard InChI is InChI=1S/C18H14FNO/c19-17-8-4-3-6-15(17)9-10-18(21)20-12-11-14-5-1-2-7-16(14)13-20/h1-8H,11-13H2. The van der Waals surface area contributed by atoms with Gasteiger partial charge in [-0.15, -0.1) is 0 Å². The van der Waals surface area contributed by atoms with Crippen molar-refractivity contribution in [2.45, 2.75) is 13.0 Å². The third-order valence-electron chi connectivity index (χ3n) is 3.60. The lowest BCUT2D eigenvalue weighted by molar-refractivity contribution is -0.125. The fourth-order valence-corrected chi connectivity index (χ4v) is 2.43. The number of benzene rings is 2. The lowest BCUT2D eigenvalue weighted by Crippen LogP contribution is -2.35. The average molecular weight is 279 g/mol. The van der Waals surface area contributed by atoms with E-state index in [0.29, 0.717) is 13.1 Å². The van der Waals surface area contributed by atoms with Gasteiger partial charge in [0.05, 0.1) is 5.56 Å². The maximum atomic E-state index is 13.5. The molecule has 104 valence electrons. The first kappa shape index (κ1) is 13.4. The van der Waals surface area contributed by atoms with Crippen molar-refractivity contribution in [3.8, 4) is 11.8 Å². The van der Waals surface area contributed by atoms with Gasteiger partial charge in [0.25, 0.3) is 5.91 Å². The highest BCUT2D eigenvalue weighted by Crippen LogP contribution is 2.18. The first-order valence-electron chi connectivity index (χ1n) is 6.86. The number of fused-ring (bicyclic) bond motifs is 1. The molecule has 0 N–H and O–H groups in total. The van der Waals surface area contributed by atoms with Gasteiger partial charge in [0.1, 0.15) is 5.82 Å². The molecule has 1 aliphatic rings. The molecule has 2 nitrogen and oxygen atoms in total. The molecule has 2 aromatic carbocycles. The molecule has 3 heteroatoms. The number of hydrogen-bond donors (Lipinski definition) is 0. The molecule has 0 saturated heterocycles. The van der Waals surface area contributed by atoms with E-state index in [1.54, 1.807) is 23.1 Å². The fourth-order valence-electron chi connectivity index (χ4n) is 2.43. The van der Waals surface area contributed by atoms with Crippen LogP contribution in [0, 0.1) is 17.7 Å². The van der Waals surface area contributed by atoms with Crippen molar-refractivity contribution in [2.24, 2.45) is 0 Å². The largest absolute Gasteiger partial charge is 0.327 e. The first-order chi connectivity index (χ1) is 10.2. The summed E-state index contributed by atoms with van der Waals surface area (Å²) in [5.41, 5.74) is 2.69. The minimum atomic E-state index is -0.401. The van der Waals surface area contributed by atoms with Crippen molar-refractivity contribution in [1.29, 1.82) is 0 Å². The highest BCUT2D eigenvalue weighted by Gasteiger charge is 2.18. The molecule has 2 aromatic rings. The molecule has 0 bridgehead atoms. The zero-order chi connectivity index (χ0) is 14.7. The first-order valence-corrected chi connectivity index (χ1v) is 6.86. The third kappa shape index (κ3) is 2.95. The zero-order valence-corrected chi connectivity index (χ0v) is 11.5. The van der Waals surface area contributed by atoms with E-state index in [9.17, 15) is 9.18 Å². The lowest BCUT2D eigenvalue weighted by atomic mass is 10.00. The molecule has 0 spiro atoms. The molecule has 0 aromatic heterocycles. The molecule has 0 unspecified atom stereocenters. The highest BCUT2D eigenvalue weighted by molar-refractivity contribution is 5.94. The fraction of sp³-hybridized carbons (Fsp3) is 0.167. The second-order valence-electron chi connectivity index (χ2n) is 4.98. The van der Waals surface area contributed by atoms with Crippen LogP contribution in [0.2, 0.25) is 0 Å². The Balaban J connectivity index is 1.75. The third-order valence-corrected chi connectivity index (χ3v) is 3.60. The summed E-state index contributed by atoms with van der Waals surface area (Å²) in [6, 6.07) is 14.3. The number of hydrogen-bond acceptors (Lipinski definition) is 1. The van der Waals surface area contributed by atoms with Crippen molar-refractivity contribution in [3.05, 3.63) is 71.0 Å². The van der Waals surface area contributed by atoms with Gasteiger partial charge in [-0.3, -0.25) is 4.79 Å². The van der Waals surface area contributed by atoms with E-state index in [2.05, 4.69) is 17.9 Å². The van der Waals surface area contributed by atoms with Crippen LogP contribution in [0.3, 0.4) is 0 Å². The van der Waals surface area contributed by atoms with Crippen LogP contribution in [0.4, 0.5) is 4.39 Å². The Morgan fingerprint density at radius 1 is 1.05 bits per heavy atom. The summed E-state index contributed by atoms with van der Waals surface area (Å²) in [5, 5.41) is 0. The van der Waals surface area contributed by atoms with Gasteiger partial charge in [0.15, 0.2) is 0 Å². The lowest BCUT2D eigenvalue weighted by Gasteiger charge is -2.27. The summed E-state index contributed by atoms with van der Waals surface area (Å²) in [4.78, 5) is 13.8. The minimum Gasteiger partial charge on any atom is -0.327 e. The number of rotatable bonds is 0. The topological polar surface area (TPSA) is 20.3 Å². The number of carbonyl (C=O) groups excluding carboxylic acids is 1. The quantitative estimate of drug-likeness (QED) is 0.679. The van der Waals surface area contributed by atoms with Gasteiger partial charge in [0, 0.05) is 19.0 Å². The summed E-state index contributed by atoms with van der Waals surface area (Å²) >= 11 is 0. The Kier molecular flexibility index (Phi) is 3.70. The Labute approximate surface area is 123 Å². The van der Waals surface area contributed by atoms with Gasteiger partial charge >= 0.3 is 0 Å². The molecule has 1 aliphatic heterocycles. The predicted octanol–water partition coefficient (Wildman–Crippen LogP) is 2.76. The highest BCUT2D eigenvalue weighted by atomic mass is 19.1. The molecule has 1 amide bonds. The van der Waals surface area contributed by atoms with E-state index in [-0.39, 0.29) is 11.5 Å². The van der Waals surface area contributed by atoms with Crippen LogP contribution in [-0.4, -0.2) is 17.4 Å². The molecule has 0 saturated carbocycles. The van der Waals surface area contributed by atoms with Gasteiger partial charge < -0.3 is 4.90 Å². The summed E-state index contributed by atoms with van der Waals surface area (Å²) in [7, 11) is 0. The van der Waals surface area contributed by atoms with Crippen molar-refractivity contribution in [1.82, 2.24) is 4.90 Å².